The number of amides is 1. The van der Waals surface area contributed by atoms with Crippen molar-refractivity contribution in [3.05, 3.63) is 41.1 Å². The molecule has 0 spiro atoms. The van der Waals surface area contributed by atoms with E-state index in [-0.39, 0.29) is 16.4 Å². The number of anilines is 1. The van der Waals surface area contributed by atoms with Crippen molar-refractivity contribution in [2.45, 2.75) is 38.5 Å². The number of rotatable bonds is 6. The molecule has 2 N–H and O–H groups in total. The minimum atomic E-state index is -3.68. The first-order chi connectivity index (χ1) is 14.2. The zero-order valence-corrected chi connectivity index (χ0v) is 18.4. The smallest absolute Gasteiger partial charge is 0.269 e. The molecule has 0 atom stereocenters. The molecule has 10 heteroatoms. The largest absolute Gasteiger partial charge is 0.481 e. The first kappa shape index (κ1) is 22.0. The summed E-state index contributed by atoms with van der Waals surface area (Å²) in [4.78, 5) is 20.9. The van der Waals surface area contributed by atoms with Crippen LogP contribution in [0.2, 0.25) is 0 Å². The summed E-state index contributed by atoms with van der Waals surface area (Å²) in [6, 6.07) is 4.67. The third-order valence-corrected chi connectivity index (χ3v) is 7.39. The summed E-state index contributed by atoms with van der Waals surface area (Å²) >= 11 is 0. The Labute approximate surface area is 176 Å². The van der Waals surface area contributed by atoms with E-state index >= 15 is 0 Å². The van der Waals surface area contributed by atoms with Crippen LogP contribution in [0.1, 0.15) is 41.3 Å². The van der Waals surface area contributed by atoms with Crippen molar-refractivity contribution in [2.75, 3.05) is 25.6 Å². The third kappa shape index (κ3) is 4.71. The minimum Gasteiger partial charge on any atom is -0.481 e. The molecule has 9 nitrogen and oxygen atoms in total. The lowest BCUT2D eigenvalue weighted by Gasteiger charge is -2.30. The molecule has 2 heterocycles. The Kier molecular flexibility index (Phi) is 6.57. The maximum absolute atomic E-state index is 13.2. The van der Waals surface area contributed by atoms with Crippen LogP contribution in [0.5, 0.6) is 5.88 Å². The number of nitrogens with zero attached hydrogens (tertiary/aromatic N) is 3. The Morgan fingerprint density at radius 3 is 2.60 bits per heavy atom. The van der Waals surface area contributed by atoms with Crippen LogP contribution in [0.25, 0.3) is 0 Å². The van der Waals surface area contributed by atoms with Gasteiger partial charge in [-0.3, -0.25) is 15.6 Å². The molecule has 1 aliphatic heterocycles. The number of carbonyl (C=O) groups is 1. The van der Waals surface area contributed by atoms with Gasteiger partial charge in [0.2, 0.25) is 21.9 Å². The van der Waals surface area contributed by atoms with Gasteiger partial charge in [0.05, 0.1) is 12.0 Å². The average Bonchev–Trinajstić information content (AvgIpc) is 2.74. The number of sulfonamides is 1. The molecule has 0 saturated carbocycles. The highest BCUT2D eigenvalue weighted by molar-refractivity contribution is 7.89. The summed E-state index contributed by atoms with van der Waals surface area (Å²) < 4.78 is 33.0. The van der Waals surface area contributed by atoms with Crippen molar-refractivity contribution in [1.29, 1.82) is 0 Å². The number of ether oxygens (including phenoxy) is 1. The van der Waals surface area contributed by atoms with E-state index in [1.165, 1.54) is 23.7 Å². The van der Waals surface area contributed by atoms with Gasteiger partial charge in [-0.05, 0) is 55.9 Å². The molecular weight excluding hydrogens is 406 g/mol. The van der Waals surface area contributed by atoms with E-state index in [4.69, 9.17) is 4.74 Å². The topological polar surface area (TPSA) is 114 Å². The minimum absolute atomic E-state index is 0.154. The molecule has 1 aromatic heterocycles. The van der Waals surface area contributed by atoms with Gasteiger partial charge in [-0.2, -0.15) is 9.29 Å². The molecule has 1 amide bonds. The lowest BCUT2D eigenvalue weighted by atomic mass is 10.0. The van der Waals surface area contributed by atoms with Gasteiger partial charge in [0, 0.05) is 30.9 Å². The van der Waals surface area contributed by atoms with E-state index in [0.29, 0.717) is 30.5 Å². The predicted molar refractivity (Wildman–Crippen MR) is 113 cm³/mol. The number of piperidine rings is 1. The van der Waals surface area contributed by atoms with E-state index in [9.17, 15) is 13.2 Å². The molecular formula is C20H27N5O4S. The standard InChI is InChI=1S/C20H27N5O4S/c1-13-6-9-25(10-7-13)30(27,28)17-12-16(11-14(2)15(17)3)19(26)23-24-20-21-8-5-18(22-20)29-4/h5,8,11-13H,6-7,9-10H2,1-4H3,(H,23,26)(H,21,22,24). The molecule has 0 radical (unpaired) electrons. The van der Waals surface area contributed by atoms with Crippen LogP contribution in [0.15, 0.2) is 29.3 Å². The zero-order chi connectivity index (χ0) is 21.9. The van der Waals surface area contributed by atoms with Crippen LogP contribution in [0, 0.1) is 19.8 Å². The fourth-order valence-electron chi connectivity index (χ4n) is 3.29. The second-order valence-corrected chi connectivity index (χ2v) is 9.41. The first-order valence-electron chi connectivity index (χ1n) is 9.77. The number of hydrogen-bond acceptors (Lipinski definition) is 7. The lowest BCUT2D eigenvalue weighted by Crippen LogP contribution is -2.38. The van der Waals surface area contributed by atoms with Crippen LogP contribution in [0.4, 0.5) is 5.95 Å². The molecule has 30 heavy (non-hydrogen) atoms. The second-order valence-electron chi connectivity index (χ2n) is 7.50. The van der Waals surface area contributed by atoms with Gasteiger partial charge >= 0.3 is 0 Å². The predicted octanol–water partition coefficient (Wildman–Crippen LogP) is 2.28. The highest BCUT2D eigenvalue weighted by Crippen LogP contribution is 2.28. The molecule has 3 rings (SSSR count). The van der Waals surface area contributed by atoms with E-state index in [1.807, 2.05) is 0 Å². The van der Waals surface area contributed by atoms with E-state index in [1.54, 1.807) is 26.0 Å². The normalized spacial score (nSPS) is 15.6. The second kappa shape index (κ2) is 8.97. The number of carbonyl (C=O) groups excluding carboxylic acids is 1. The van der Waals surface area contributed by atoms with Crippen molar-refractivity contribution < 1.29 is 17.9 Å². The number of benzene rings is 1. The van der Waals surface area contributed by atoms with Crippen molar-refractivity contribution in [3.8, 4) is 5.88 Å². The van der Waals surface area contributed by atoms with Gasteiger partial charge in [-0.25, -0.2) is 13.4 Å². The van der Waals surface area contributed by atoms with Gasteiger partial charge in [-0.15, -0.1) is 0 Å². The maximum atomic E-state index is 13.2. The monoisotopic (exact) mass is 433 g/mol. The third-order valence-electron chi connectivity index (χ3n) is 5.37. The molecule has 0 bridgehead atoms. The van der Waals surface area contributed by atoms with Crippen molar-refractivity contribution in [1.82, 2.24) is 19.7 Å². The molecule has 1 fully saturated rings. The van der Waals surface area contributed by atoms with Gasteiger partial charge in [0.25, 0.3) is 5.91 Å². The maximum Gasteiger partial charge on any atom is 0.269 e. The fourth-order valence-corrected chi connectivity index (χ4v) is 5.08. The van der Waals surface area contributed by atoms with Gasteiger partial charge < -0.3 is 4.74 Å². The van der Waals surface area contributed by atoms with Crippen LogP contribution in [0.3, 0.4) is 0 Å². The van der Waals surface area contributed by atoms with Crippen LogP contribution >= 0.6 is 0 Å². The van der Waals surface area contributed by atoms with Gasteiger partial charge in [0.15, 0.2) is 0 Å². The molecule has 0 aliphatic carbocycles. The highest BCUT2D eigenvalue weighted by atomic mass is 32.2. The molecule has 1 aliphatic rings. The van der Waals surface area contributed by atoms with Crippen molar-refractivity contribution in [3.63, 3.8) is 0 Å². The fraction of sp³-hybridized carbons (Fsp3) is 0.450. The Balaban J connectivity index is 1.82. The molecule has 0 unspecified atom stereocenters. The van der Waals surface area contributed by atoms with Crippen LogP contribution in [-0.4, -0.2) is 48.8 Å². The summed E-state index contributed by atoms with van der Waals surface area (Å²) in [5.74, 6) is 0.522. The molecule has 1 saturated heterocycles. The molecule has 2 aromatic rings. The highest BCUT2D eigenvalue weighted by Gasteiger charge is 2.30. The molecule has 162 valence electrons. The summed E-state index contributed by atoms with van der Waals surface area (Å²) in [5, 5.41) is 0. The van der Waals surface area contributed by atoms with Gasteiger partial charge in [-0.1, -0.05) is 6.92 Å². The Morgan fingerprint density at radius 2 is 1.93 bits per heavy atom. The number of hydrogen-bond donors (Lipinski definition) is 2. The van der Waals surface area contributed by atoms with E-state index in [0.717, 1.165) is 18.4 Å². The summed E-state index contributed by atoms with van der Waals surface area (Å²) in [6.45, 7) is 6.67. The SMILES string of the molecule is COc1ccnc(NNC(=O)c2cc(C)c(C)c(S(=O)(=O)N3CCC(C)CC3)c2)n1. The van der Waals surface area contributed by atoms with Crippen molar-refractivity contribution in [2.24, 2.45) is 5.92 Å². The van der Waals surface area contributed by atoms with E-state index in [2.05, 4.69) is 27.7 Å². The summed E-state index contributed by atoms with van der Waals surface area (Å²) in [7, 11) is -2.20. The Hall–Kier alpha value is -2.72. The van der Waals surface area contributed by atoms with Gasteiger partial charge in [0.1, 0.15) is 0 Å². The Morgan fingerprint density at radius 1 is 1.23 bits per heavy atom. The first-order valence-corrected chi connectivity index (χ1v) is 11.2. The quantitative estimate of drug-likeness (QED) is 0.672. The zero-order valence-electron chi connectivity index (χ0n) is 17.6. The summed E-state index contributed by atoms with van der Waals surface area (Å²) in [5.41, 5.74) is 6.72. The number of aryl methyl sites for hydroxylation is 1. The molecule has 1 aromatic carbocycles. The number of hydrazine groups is 1. The lowest BCUT2D eigenvalue weighted by molar-refractivity contribution is 0.0962. The average molecular weight is 434 g/mol. The Bertz CT molecular complexity index is 1030. The number of aromatic nitrogens is 2. The number of nitrogens with one attached hydrogen (secondary N) is 2. The van der Waals surface area contributed by atoms with Crippen LogP contribution < -0.4 is 15.6 Å². The number of methoxy groups -OCH3 is 1. The van der Waals surface area contributed by atoms with Crippen LogP contribution in [-0.2, 0) is 10.0 Å². The summed E-state index contributed by atoms with van der Waals surface area (Å²) in [6.07, 6.45) is 3.16. The van der Waals surface area contributed by atoms with Crippen molar-refractivity contribution >= 4 is 21.9 Å². The van der Waals surface area contributed by atoms with E-state index < -0.39 is 15.9 Å².